The number of aliphatic carboxylic acids is 1. The molecule has 1 atom stereocenters. The van der Waals surface area contributed by atoms with Gasteiger partial charge in [0, 0.05) is 13.2 Å². The van der Waals surface area contributed by atoms with E-state index in [2.05, 4.69) is 10.3 Å². The molecule has 0 unspecified atom stereocenters. The van der Waals surface area contributed by atoms with E-state index in [1.54, 1.807) is 17.8 Å². The van der Waals surface area contributed by atoms with Crippen LogP contribution in [-0.2, 0) is 11.8 Å². The molecule has 0 aromatic carbocycles. The average molecular weight is 225 g/mol. The Kier molecular flexibility index (Phi) is 4.04. The first kappa shape index (κ1) is 12.2. The molecule has 1 heterocycles. The predicted molar refractivity (Wildman–Crippen MR) is 57.0 cm³/mol. The van der Waals surface area contributed by atoms with Gasteiger partial charge in [0.25, 0.3) is 5.91 Å². The molecule has 6 nitrogen and oxygen atoms in total. The molecule has 1 rings (SSSR count). The van der Waals surface area contributed by atoms with Crippen molar-refractivity contribution >= 4 is 11.9 Å². The maximum absolute atomic E-state index is 11.6. The number of hydrogen-bond acceptors (Lipinski definition) is 3. The van der Waals surface area contributed by atoms with Crippen LogP contribution in [0, 0.1) is 0 Å². The Bertz CT molecular complexity index is 386. The Morgan fingerprint density at radius 3 is 2.75 bits per heavy atom. The molecule has 0 spiro atoms. The maximum Gasteiger partial charge on any atom is 0.326 e. The second kappa shape index (κ2) is 5.29. The molecule has 0 aliphatic heterocycles. The molecule has 6 heteroatoms. The molecule has 16 heavy (non-hydrogen) atoms. The van der Waals surface area contributed by atoms with E-state index in [0.29, 0.717) is 12.8 Å². The molecule has 0 fully saturated rings. The van der Waals surface area contributed by atoms with Crippen LogP contribution in [0.3, 0.4) is 0 Å². The summed E-state index contributed by atoms with van der Waals surface area (Å²) in [4.78, 5) is 26.3. The van der Waals surface area contributed by atoms with E-state index in [1.165, 1.54) is 6.33 Å². The lowest BCUT2D eigenvalue weighted by molar-refractivity contribution is -0.139. The number of nitrogens with one attached hydrogen (secondary N) is 1. The number of aromatic nitrogens is 2. The van der Waals surface area contributed by atoms with Crippen molar-refractivity contribution in [3.63, 3.8) is 0 Å². The Balaban J connectivity index is 2.65. The Morgan fingerprint density at radius 1 is 1.62 bits per heavy atom. The van der Waals surface area contributed by atoms with Gasteiger partial charge >= 0.3 is 5.97 Å². The van der Waals surface area contributed by atoms with Crippen LogP contribution in [-0.4, -0.2) is 32.6 Å². The Hall–Kier alpha value is -1.85. The van der Waals surface area contributed by atoms with Crippen LogP contribution >= 0.6 is 0 Å². The highest BCUT2D eigenvalue weighted by molar-refractivity contribution is 5.94. The highest BCUT2D eigenvalue weighted by atomic mass is 16.4. The van der Waals surface area contributed by atoms with E-state index in [9.17, 15) is 9.59 Å². The third kappa shape index (κ3) is 3.08. The first-order valence-corrected chi connectivity index (χ1v) is 5.06. The molecule has 0 radical (unpaired) electrons. The number of imidazole rings is 1. The van der Waals surface area contributed by atoms with Gasteiger partial charge < -0.3 is 15.0 Å². The van der Waals surface area contributed by atoms with Crippen molar-refractivity contribution in [2.24, 2.45) is 7.05 Å². The molecule has 0 aliphatic rings. The summed E-state index contributed by atoms with van der Waals surface area (Å²) >= 11 is 0. The third-order valence-electron chi connectivity index (χ3n) is 2.12. The van der Waals surface area contributed by atoms with E-state index in [-0.39, 0.29) is 5.69 Å². The van der Waals surface area contributed by atoms with Crippen molar-refractivity contribution in [2.75, 3.05) is 0 Å². The normalized spacial score (nSPS) is 12.1. The highest BCUT2D eigenvalue weighted by Gasteiger charge is 2.20. The molecule has 1 aromatic heterocycles. The fourth-order valence-electron chi connectivity index (χ4n) is 1.31. The summed E-state index contributed by atoms with van der Waals surface area (Å²) in [7, 11) is 1.74. The van der Waals surface area contributed by atoms with E-state index in [0.717, 1.165) is 0 Å². The fraction of sp³-hybridized carbons (Fsp3) is 0.500. The number of carboxylic acids is 1. The van der Waals surface area contributed by atoms with Crippen LogP contribution in [0.4, 0.5) is 0 Å². The van der Waals surface area contributed by atoms with E-state index >= 15 is 0 Å². The first-order valence-electron chi connectivity index (χ1n) is 5.06. The van der Waals surface area contributed by atoms with Crippen molar-refractivity contribution in [2.45, 2.75) is 25.8 Å². The van der Waals surface area contributed by atoms with E-state index in [1.807, 2.05) is 6.92 Å². The molecule has 88 valence electrons. The molecule has 0 saturated heterocycles. The van der Waals surface area contributed by atoms with Crippen molar-refractivity contribution in [1.82, 2.24) is 14.9 Å². The topological polar surface area (TPSA) is 84.2 Å². The lowest BCUT2D eigenvalue weighted by Crippen LogP contribution is -2.40. The van der Waals surface area contributed by atoms with Gasteiger partial charge in [-0.3, -0.25) is 4.79 Å². The van der Waals surface area contributed by atoms with E-state index in [4.69, 9.17) is 5.11 Å². The number of carboxylic acid groups (broad SMARTS) is 1. The van der Waals surface area contributed by atoms with Gasteiger partial charge in [-0.1, -0.05) is 13.3 Å². The second-order valence-corrected chi connectivity index (χ2v) is 3.58. The smallest absolute Gasteiger partial charge is 0.326 e. The summed E-state index contributed by atoms with van der Waals surface area (Å²) in [6, 6.07) is -0.848. The van der Waals surface area contributed by atoms with Crippen LogP contribution in [0.5, 0.6) is 0 Å². The van der Waals surface area contributed by atoms with Crippen molar-refractivity contribution in [3.05, 3.63) is 18.2 Å². The molecule has 0 bridgehead atoms. The summed E-state index contributed by atoms with van der Waals surface area (Å²) in [5, 5.41) is 11.3. The van der Waals surface area contributed by atoms with Crippen molar-refractivity contribution in [3.8, 4) is 0 Å². The predicted octanol–water partition coefficient (Wildman–Crippen LogP) is 0.403. The van der Waals surface area contributed by atoms with Gasteiger partial charge in [-0.05, 0) is 6.42 Å². The quantitative estimate of drug-likeness (QED) is 0.759. The van der Waals surface area contributed by atoms with Gasteiger partial charge in [0.05, 0.1) is 6.33 Å². The molecule has 0 aliphatic carbocycles. The van der Waals surface area contributed by atoms with Crippen LogP contribution in [0.1, 0.15) is 30.3 Å². The summed E-state index contributed by atoms with van der Waals surface area (Å²) in [6.07, 6.45) is 4.14. The lowest BCUT2D eigenvalue weighted by Gasteiger charge is -2.12. The minimum atomic E-state index is -1.02. The van der Waals surface area contributed by atoms with Gasteiger partial charge in [-0.25, -0.2) is 9.78 Å². The zero-order chi connectivity index (χ0) is 12.1. The zero-order valence-electron chi connectivity index (χ0n) is 9.30. The Labute approximate surface area is 93.3 Å². The van der Waals surface area contributed by atoms with Crippen molar-refractivity contribution < 1.29 is 14.7 Å². The van der Waals surface area contributed by atoms with Gasteiger partial charge in [-0.15, -0.1) is 0 Å². The number of aryl methyl sites for hydroxylation is 1. The number of nitrogens with zero attached hydrogens (tertiary/aromatic N) is 2. The fourth-order valence-corrected chi connectivity index (χ4v) is 1.31. The van der Waals surface area contributed by atoms with Crippen molar-refractivity contribution in [1.29, 1.82) is 0 Å². The molecular weight excluding hydrogens is 210 g/mol. The molecule has 1 aromatic rings. The van der Waals surface area contributed by atoms with Crippen LogP contribution in [0.25, 0.3) is 0 Å². The number of rotatable bonds is 5. The number of carbonyl (C=O) groups excluding carboxylic acids is 1. The largest absolute Gasteiger partial charge is 0.480 e. The summed E-state index contributed by atoms with van der Waals surface area (Å²) in [5.41, 5.74) is 0.227. The maximum atomic E-state index is 11.6. The monoisotopic (exact) mass is 225 g/mol. The standard InChI is InChI=1S/C10H15N3O3/c1-3-4-7(10(15)16)12-9(14)8-5-13(2)6-11-8/h5-7H,3-4H2,1-2H3,(H,12,14)(H,15,16)/t7-/m1/s1. The minimum Gasteiger partial charge on any atom is -0.480 e. The average Bonchev–Trinajstić information content (AvgIpc) is 2.64. The summed E-state index contributed by atoms with van der Waals surface area (Å²) < 4.78 is 1.63. The van der Waals surface area contributed by atoms with Crippen LogP contribution in [0.15, 0.2) is 12.5 Å². The molecule has 1 amide bonds. The number of hydrogen-bond donors (Lipinski definition) is 2. The molecule has 2 N–H and O–H groups in total. The second-order valence-electron chi connectivity index (χ2n) is 3.58. The van der Waals surface area contributed by atoms with Gasteiger partial charge in [0.15, 0.2) is 0 Å². The minimum absolute atomic E-state index is 0.227. The van der Waals surface area contributed by atoms with Gasteiger partial charge in [0.2, 0.25) is 0 Å². The van der Waals surface area contributed by atoms with E-state index < -0.39 is 17.9 Å². The zero-order valence-corrected chi connectivity index (χ0v) is 9.30. The Morgan fingerprint density at radius 2 is 2.31 bits per heavy atom. The molecule has 0 saturated carbocycles. The number of amides is 1. The molecular formula is C10H15N3O3. The van der Waals surface area contributed by atoms with Gasteiger partial charge in [0.1, 0.15) is 11.7 Å². The summed E-state index contributed by atoms with van der Waals surface area (Å²) in [6.45, 7) is 1.86. The number of carbonyl (C=O) groups is 2. The first-order chi connectivity index (χ1) is 7.54. The summed E-state index contributed by atoms with van der Waals surface area (Å²) in [5.74, 6) is -1.48. The lowest BCUT2D eigenvalue weighted by atomic mass is 10.1. The van der Waals surface area contributed by atoms with Crippen LogP contribution < -0.4 is 5.32 Å². The third-order valence-corrected chi connectivity index (χ3v) is 2.12. The SMILES string of the molecule is CCC[C@@H](NC(=O)c1cn(C)cn1)C(=O)O. The highest BCUT2D eigenvalue weighted by Crippen LogP contribution is 2.00. The van der Waals surface area contributed by atoms with Gasteiger partial charge in [-0.2, -0.15) is 0 Å². The van der Waals surface area contributed by atoms with Crippen LogP contribution in [0.2, 0.25) is 0 Å².